The second-order valence-corrected chi connectivity index (χ2v) is 8.46. The van der Waals surface area contributed by atoms with E-state index in [2.05, 4.69) is 9.97 Å². The van der Waals surface area contributed by atoms with Crippen LogP contribution in [-0.2, 0) is 28.7 Å². The fourth-order valence-electron chi connectivity index (χ4n) is 3.76. The first-order valence-corrected chi connectivity index (χ1v) is 11.6. The van der Waals surface area contributed by atoms with Gasteiger partial charge in [-0.3, -0.25) is 38.9 Å². The summed E-state index contributed by atoms with van der Waals surface area (Å²) in [6.07, 6.45) is 5.62. The van der Waals surface area contributed by atoms with Gasteiger partial charge in [0, 0.05) is 37.9 Å². The predicted molar refractivity (Wildman–Crippen MR) is 126 cm³/mol. The molecule has 14 nitrogen and oxygen atoms in total. The lowest BCUT2D eigenvalue weighted by atomic mass is 10.2. The molecule has 2 fully saturated rings. The molecular formula is C24H24N6O8. The maximum absolute atomic E-state index is 12.5. The van der Waals surface area contributed by atoms with Crippen LogP contribution in [0.15, 0.2) is 49.1 Å². The molecule has 0 bridgehead atoms. The molecule has 2 aromatic heterocycles. The van der Waals surface area contributed by atoms with Gasteiger partial charge in [-0.15, -0.1) is 0 Å². The summed E-state index contributed by atoms with van der Waals surface area (Å²) in [7, 11) is 0. The first-order valence-electron chi connectivity index (χ1n) is 11.6. The molecule has 0 radical (unpaired) electrons. The van der Waals surface area contributed by atoms with Crippen LogP contribution in [0.4, 0.5) is 0 Å². The third-order valence-electron chi connectivity index (χ3n) is 5.82. The second-order valence-electron chi connectivity index (χ2n) is 8.46. The van der Waals surface area contributed by atoms with Crippen LogP contribution in [0.2, 0.25) is 0 Å². The summed E-state index contributed by atoms with van der Waals surface area (Å²) in [5, 5.41) is 0. The van der Waals surface area contributed by atoms with E-state index in [-0.39, 0.29) is 50.4 Å². The van der Waals surface area contributed by atoms with E-state index in [1.807, 2.05) is 0 Å². The fourth-order valence-corrected chi connectivity index (χ4v) is 3.76. The normalized spacial score (nSPS) is 17.1. The van der Waals surface area contributed by atoms with E-state index in [1.54, 1.807) is 21.9 Å². The summed E-state index contributed by atoms with van der Waals surface area (Å²) in [6.45, 7) is -0.894. The van der Waals surface area contributed by atoms with E-state index < -0.39 is 49.0 Å². The van der Waals surface area contributed by atoms with Crippen LogP contribution in [0.1, 0.15) is 20.7 Å². The molecule has 14 heteroatoms. The number of esters is 2. The Hall–Kier alpha value is -4.56. The van der Waals surface area contributed by atoms with Crippen molar-refractivity contribution in [3.05, 3.63) is 60.2 Å². The monoisotopic (exact) mass is 524 g/mol. The number of carbonyl (C=O) groups is 6. The molecule has 0 spiro atoms. The molecule has 0 unspecified atom stereocenters. The fraction of sp³-hybridized carbons (Fsp3) is 0.333. The van der Waals surface area contributed by atoms with Crippen molar-refractivity contribution in [2.24, 2.45) is 0 Å². The van der Waals surface area contributed by atoms with Crippen LogP contribution < -0.4 is 0 Å². The van der Waals surface area contributed by atoms with Gasteiger partial charge in [0.15, 0.2) is 13.5 Å². The van der Waals surface area contributed by atoms with E-state index in [0.29, 0.717) is 0 Å². The molecule has 2 aliphatic rings. The van der Waals surface area contributed by atoms with Gasteiger partial charge in [-0.25, -0.2) is 19.4 Å². The van der Waals surface area contributed by atoms with E-state index in [1.165, 1.54) is 36.9 Å². The lowest BCUT2D eigenvalue weighted by Gasteiger charge is -2.35. The Labute approximate surface area is 216 Å². The zero-order valence-electron chi connectivity index (χ0n) is 20.2. The highest BCUT2D eigenvalue weighted by Gasteiger charge is 2.34. The molecule has 4 amide bonds. The van der Waals surface area contributed by atoms with Gasteiger partial charge in [-0.2, -0.15) is 0 Å². The molecule has 198 valence electrons. The van der Waals surface area contributed by atoms with Crippen molar-refractivity contribution in [1.29, 1.82) is 0 Å². The number of aromatic nitrogens is 2. The maximum atomic E-state index is 12.5. The van der Waals surface area contributed by atoms with E-state index >= 15 is 0 Å². The third-order valence-corrected chi connectivity index (χ3v) is 5.82. The van der Waals surface area contributed by atoms with E-state index in [0.717, 1.165) is 9.80 Å². The number of imide groups is 2. The van der Waals surface area contributed by atoms with E-state index in [4.69, 9.17) is 9.47 Å². The summed E-state index contributed by atoms with van der Waals surface area (Å²) < 4.78 is 10.1. The molecule has 2 saturated heterocycles. The van der Waals surface area contributed by atoms with Crippen molar-refractivity contribution < 1.29 is 38.2 Å². The Balaban J connectivity index is 1.20. The summed E-state index contributed by atoms with van der Waals surface area (Å²) in [5.74, 6) is -3.55. The molecule has 0 aromatic carbocycles. The molecule has 0 atom stereocenters. The van der Waals surface area contributed by atoms with Crippen molar-refractivity contribution in [2.45, 2.75) is 0 Å². The molecule has 2 aliphatic heterocycles. The first-order chi connectivity index (χ1) is 18.3. The van der Waals surface area contributed by atoms with Crippen molar-refractivity contribution in [3.8, 4) is 0 Å². The van der Waals surface area contributed by atoms with Crippen molar-refractivity contribution in [2.75, 3.05) is 52.7 Å². The van der Waals surface area contributed by atoms with Gasteiger partial charge < -0.3 is 9.47 Å². The highest BCUT2D eigenvalue weighted by molar-refractivity contribution is 6.00. The zero-order valence-corrected chi connectivity index (χ0v) is 20.2. The number of pyridine rings is 2. The molecule has 0 aliphatic carbocycles. The highest BCUT2D eigenvalue weighted by Crippen LogP contribution is 2.10. The lowest BCUT2D eigenvalue weighted by Crippen LogP contribution is -2.58. The van der Waals surface area contributed by atoms with Crippen molar-refractivity contribution in [3.63, 3.8) is 0 Å². The summed E-state index contributed by atoms with van der Waals surface area (Å²) in [6, 6.07) is 6.12. The molecular weight excluding hydrogens is 500 g/mol. The number of nitrogens with zero attached hydrogens (tertiary/aromatic N) is 6. The number of ether oxygens (including phenoxy) is 2. The predicted octanol–water partition coefficient (Wildman–Crippen LogP) is -1.25. The number of amides is 4. The number of rotatable bonds is 9. The molecule has 38 heavy (non-hydrogen) atoms. The Morgan fingerprint density at radius 3 is 1.34 bits per heavy atom. The first kappa shape index (κ1) is 26.5. The minimum atomic E-state index is -0.707. The topological polar surface area (TPSA) is 160 Å². The molecule has 4 rings (SSSR count). The molecule has 0 saturated carbocycles. The standard InChI is InChI=1S/C24H24N6O8/c31-19-11-27(12-20(32)29(19)15-37-23(35)17-3-1-5-25-9-17)7-8-28-13-21(33)30(22(34)14-28)16-38-24(36)18-4-2-6-26-10-18/h1-6,9-10H,7-8,11-16H2. The SMILES string of the molecule is O=C(OCN1C(=O)CN(CCN2CC(=O)N(COC(=O)c3cccnc3)C(=O)C2)CC1=O)c1cccnc1. The van der Waals surface area contributed by atoms with Crippen LogP contribution in [0.5, 0.6) is 0 Å². The number of hydrogen-bond donors (Lipinski definition) is 0. The van der Waals surface area contributed by atoms with Gasteiger partial charge >= 0.3 is 11.9 Å². The van der Waals surface area contributed by atoms with Gasteiger partial charge in [-0.1, -0.05) is 0 Å². The van der Waals surface area contributed by atoms with Gasteiger partial charge in [-0.05, 0) is 24.3 Å². The maximum Gasteiger partial charge on any atom is 0.341 e. The van der Waals surface area contributed by atoms with Crippen LogP contribution in [-0.4, -0.2) is 118 Å². The van der Waals surface area contributed by atoms with Crippen LogP contribution in [0.3, 0.4) is 0 Å². The summed E-state index contributed by atoms with van der Waals surface area (Å²) in [5.41, 5.74) is 0.392. The Bertz CT molecular complexity index is 1090. The van der Waals surface area contributed by atoms with Gasteiger partial charge in [0.2, 0.25) is 23.6 Å². The van der Waals surface area contributed by atoms with Crippen molar-refractivity contribution >= 4 is 35.6 Å². The average Bonchev–Trinajstić information content (AvgIpc) is 2.91. The Kier molecular flexibility index (Phi) is 8.45. The number of piperazine rings is 2. The number of carbonyl (C=O) groups excluding carboxylic acids is 6. The summed E-state index contributed by atoms with van der Waals surface area (Å²) in [4.78, 5) is 86.5. The molecule has 2 aromatic rings. The van der Waals surface area contributed by atoms with Crippen LogP contribution >= 0.6 is 0 Å². The summed E-state index contributed by atoms with van der Waals surface area (Å²) >= 11 is 0. The van der Waals surface area contributed by atoms with Crippen LogP contribution in [0.25, 0.3) is 0 Å². The zero-order chi connectivity index (χ0) is 27.1. The molecule has 0 N–H and O–H groups in total. The third kappa shape index (κ3) is 6.60. The minimum absolute atomic E-state index is 0.0949. The Morgan fingerprint density at radius 2 is 1.03 bits per heavy atom. The van der Waals surface area contributed by atoms with Gasteiger partial charge in [0.25, 0.3) is 0 Å². The largest absolute Gasteiger partial charge is 0.440 e. The smallest absolute Gasteiger partial charge is 0.341 e. The van der Waals surface area contributed by atoms with Crippen LogP contribution in [0, 0.1) is 0 Å². The lowest BCUT2D eigenvalue weighted by molar-refractivity contribution is -0.159. The van der Waals surface area contributed by atoms with Gasteiger partial charge in [0.05, 0.1) is 37.3 Å². The second kappa shape index (κ2) is 12.1. The van der Waals surface area contributed by atoms with Crippen molar-refractivity contribution in [1.82, 2.24) is 29.6 Å². The average molecular weight is 524 g/mol. The molecule has 4 heterocycles. The minimum Gasteiger partial charge on any atom is -0.440 e. The quantitative estimate of drug-likeness (QED) is 0.284. The van der Waals surface area contributed by atoms with Gasteiger partial charge in [0.1, 0.15) is 0 Å². The Morgan fingerprint density at radius 1 is 0.658 bits per heavy atom. The highest BCUT2D eigenvalue weighted by atomic mass is 16.6. The number of hydrogen-bond acceptors (Lipinski definition) is 12. The van der Waals surface area contributed by atoms with E-state index in [9.17, 15) is 28.8 Å².